The fourth-order valence-corrected chi connectivity index (χ4v) is 2.88. The first kappa shape index (κ1) is 17.6. The third kappa shape index (κ3) is 3.03. The smallest absolute Gasteiger partial charge is 0.348 e. The number of hydrogen-bond donors (Lipinski definition) is 0. The van der Waals surface area contributed by atoms with Crippen LogP contribution in [0.4, 0.5) is 5.69 Å². The normalized spacial score (nSPS) is 15.5. The molecule has 7 nitrogen and oxygen atoms in total. The number of fused-ring (bicyclic) bond motifs is 1. The van der Waals surface area contributed by atoms with Gasteiger partial charge in [-0.3, -0.25) is 4.79 Å². The molecule has 7 heteroatoms. The SMILES string of the molecule is COC(=O)[C@@H]1CN(C(=O)c2c(OC)cccc2OC)c2ccccc2O1. The van der Waals surface area contributed by atoms with E-state index in [1.165, 1.54) is 26.2 Å². The molecule has 3 rings (SSSR count). The highest BCUT2D eigenvalue weighted by atomic mass is 16.6. The lowest BCUT2D eigenvalue weighted by Gasteiger charge is -2.34. The monoisotopic (exact) mass is 357 g/mol. The first-order chi connectivity index (χ1) is 12.6. The van der Waals surface area contributed by atoms with Gasteiger partial charge in [-0.1, -0.05) is 18.2 Å². The number of methoxy groups -OCH3 is 3. The first-order valence-corrected chi connectivity index (χ1v) is 7.97. The molecule has 1 heterocycles. The summed E-state index contributed by atoms with van der Waals surface area (Å²) in [7, 11) is 4.24. The van der Waals surface area contributed by atoms with Crippen molar-refractivity contribution in [3.8, 4) is 17.2 Å². The number of anilines is 1. The number of rotatable bonds is 4. The van der Waals surface area contributed by atoms with Crippen LogP contribution in [0.1, 0.15) is 10.4 Å². The first-order valence-electron chi connectivity index (χ1n) is 7.97. The Labute approximate surface area is 151 Å². The van der Waals surface area contributed by atoms with Gasteiger partial charge in [0.1, 0.15) is 22.8 Å². The summed E-state index contributed by atoms with van der Waals surface area (Å²) in [5.41, 5.74) is 0.837. The van der Waals surface area contributed by atoms with Gasteiger partial charge in [-0.05, 0) is 24.3 Å². The number of carbonyl (C=O) groups excluding carboxylic acids is 2. The molecule has 1 aliphatic heterocycles. The highest BCUT2D eigenvalue weighted by Gasteiger charge is 2.36. The Morgan fingerprint density at radius 2 is 1.65 bits per heavy atom. The van der Waals surface area contributed by atoms with Crippen LogP contribution in [0.3, 0.4) is 0 Å². The summed E-state index contributed by atoms with van der Waals surface area (Å²) in [5, 5.41) is 0. The van der Waals surface area contributed by atoms with E-state index in [1.54, 1.807) is 42.5 Å². The summed E-state index contributed by atoms with van der Waals surface area (Å²) in [4.78, 5) is 26.8. The molecule has 0 radical (unpaired) electrons. The van der Waals surface area contributed by atoms with Crippen LogP contribution in [0.2, 0.25) is 0 Å². The average molecular weight is 357 g/mol. The Balaban J connectivity index is 2.08. The minimum Gasteiger partial charge on any atom is -0.496 e. The molecule has 0 aromatic heterocycles. The molecule has 0 N–H and O–H groups in total. The number of ether oxygens (including phenoxy) is 4. The van der Waals surface area contributed by atoms with Crippen molar-refractivity contribution in [3.05, 3.63) is 48.0 Å². The molecule has 0 fully saturated rings. The zero-order valence-corrected chi connectivity index (χ0v) is 14.7. The third-order valence-electron chi connectivity index (χ3n) is 4.12. The molecule has 26 heavy (non-hydrogen) atoms. The predicted octanol–water partition coefficient (Wildman–Crippen LogP) is 2.28. The molecular weight excluding hydrogens is 338 g/mol. The van der Waals surface area contributed by atoms with Gasteiger partial charge in [0.05, 0.1) is 33.6 Å². The maximum absolute atomic E-state index is 13.3. The maximum atomic E-state index is 13.3. The van der Waals surface area contributed by atoms with Gasteiger partial charge in [0, 0.05) is 0 Å². The van der Waals surface area contributed by atoms with Crippen molar-refractivity contribution < 1.29 is 28.5 Å². The second kappa shape index (κ2) is 7.35. The summed E-state index contributed by atoms with van der Waals surface area (Å²) in [6, 6.07) is 12.1. The lowest BCUT2D eigenvalue weighted by Crippen LogP contribution is -2.47. The quantitative estimate of drug-likeness (QED) is 0.782. The second-order valence-corrected chi connectivity index (χ2v) is 5.55. The van der Waals surface area contributed by atoms with E-state index in [-0.39, 0.29) is 18.0 Å². The van der Waals surface area contributed by atoms with Crippen molar-refractivity contribution >= 4 is 17.6 Å². The molecule has 0 saturated carbocycles. The van der Waals surface area contributed by atoms with E-state index in [1.807, 2.05) is 0 Å². The topological polar surface area (TPSA) is 74.3 Å². The fraction of sp³-hybridized carbons (Fsp3) is 0.263. The third-order valence-corrected chi connectivity index (χ3v) is 4.12. The fourth-order valence-electron chi connectivity index (χ4n) is 2.88. The Morgan fingerprint density at radius 3 is 2.27 bits per heavy atom. The summed E-state index contributed by atoms with van der Waals surface area (Å²) < 4.78 is 21.1. The zero-order chi connectivity index (χ0) is 18.7. The van der Waals surface area contributed by atoms with Gasteiger partial charge in [-0.15, -0.1) is 0 Å². The van der Waals surface area contributed by atoms with E-state index in [0.717, 1.165) is 0 Å². The van der Waals surface area contributed by atoms with Crippen LogP contribution in [0.15, 0.2) is 42.5 Å². The molecule has 136 valence electrons. The molecule has 1 aliphatic rings. The summed E-state index contributed by atoms with van der Waals surface area (Å²) >= 11 is 0. The summed E-state index contributed by atoms with van der Waals surface area (Å²) in [6.07, 6.45) is -0.917. The molecule has 2 aromatic rings. The van der Waals surface area contributed by atoms with E-state index in [9.17, 15) is 9.59 Å². The number of hydrogen-bond acceptors (Lipinski definition) is 6. The summed E-state index contributed by atoms with van der Waals surface area (Å²) in [6.45, 7) is 0.0176. The van der Waals surface area contributed by atoms with E-state index in [0.29, 0.717) is 22.9 Å². The van der Waals surface area contributed by atoms with Crippen LogP contribution in [0.25, 0.3) is 0 Å². The highest BCUT2D eigenvalue weighted by Crippen LogP contribution is 2.37. The largest absolute Gasteiger partial charge is 0.496 e. The van der Waals surface area contributed by atoms with Crippen LogP contribution in [-0.4, -0.2) is 45.9 Å². The van der Waals surface area contributed by atoms with Crippen molar-refractivity contribution in [2.75, 3.05) is 32.8 Å². The van der Waals surface area contributed by atoms with Crippen molar-refractivity contribution in [2.45, 2.75) is 6.10 Å². The van der Waals surface area contributed by atoms with Gasteiger partial charge in [-0.25, -0.2) is 4.79 Å². The second-order valence-electron chi connectivity index (χ2n) is 5.55. The van der Waals surface area contributed by atoms with Crippen molar-refractivity contribution in [1.82, 2.24) is 0 Å². The minimum absolute atomic E-state index is 0.0176. The van der Waals surface area contributed by atoms with E-state index in [4.69, 9.17) is 18.9 Å². The average Bonchev–Trinajstić information content (AvgIpc) is 2.70. The Bertz CT molecular complexity index is 812. The lowest BCUT2D eigenvalue weighted by atomic mass is 10.1. The molecule has 0 unspecified atom stereocenters. The number of para-hydroxylation sites is 2. The minimum atomic E-state index is -0.917. The molecule has 1 atom stereocenters. The van der Waals surface area contributed by atoms with Gasteiger partial charge in [-0.2, -0.15) is 0 Å². The maximum Gasteiger partial charge on any atom is 0.348 e. The predicted molar refractivity (Wildman–Crippen MR) is 94.1 cm³/mol. The van der Waals surface area contributed by atoms with Crippen LogP contribution in [-0.2, 0) is 9.53 Å². The van der Waals surface area contributed by atoms with E-state index < -0.39 is 12.1 Å². The molecule has 0 aliphatic carbocycles. The lowest BCUT2D eigenvalue weighted by molar-refractivity contribution is -0.148. The standard InChI is InChI=1S/C19H19NO6/c1-23-14-9-6-10-15(24-2)17(14)18(21)20-11-16(19(22)25-3)26-13-8-5-4-7-12(13)20/h4-10,16H,11H2,1-3H3/t16-/m0/s1. The van der Waals surface area contributed by atoms with Gasteiger partial charge in [0.15, 0.2) is 0 Å². The molecule has 0 bridgehead atoms. The Kier molecular flexibility index (Phi) is 4.97. The number of nitrogens with zero attached hydrogens (tertiary/aromatic N) is 1. The van der Waals surface area contributed by atoms with Crippen molar-refractivity contribution in [2.24, 2.45) is 0 Å². The van der Waals surface area contributed by atoms with Gasteiger partial charge < -0.3 is 23.8 Å². The molecule has 2 aromatic carbocycles. The summed E-state index contributed by atoms with van der Waals surface area (Å²) in [5.74, 6) is 0.283. The number of esters is 1. The molecule has 1 amide bonds. The number of amides is 1. The molecule has 0 spiro atoms. The molecule has 0 saturated heterocycles. The van der Waals surface area contributed by atoms with Crippen LogP contribution >= 0.6 is 0 Å². The van der Waals surface area contributed by atoms with Gasteiger partial charge in [0.25, 0.3) is 5.91 Å². The van der Waals surface area contributed by atoms with Gasteiger partial charge >= 0.3 is 5.97 Å². The van der Waals surface area contributed by atoms with Gasteiger partial charge in [0.2, 0.25) is 6.10 Å². The number of benzene rings is 2. The van der Waals surface area contributed by atoms with Crippen molar-refractivity contribution in [1.29, 1.82) is 0 Å². The zero-order valence-electron chi connectivity index (χ0n) is 14.7. The Morgan fingerprint density at radius 1 is 1.00 bits per heavy atom. The number of carbonyl (C=O) groups is 2. The van der Waals surface area contributed by atoms with E-state index >= 15 is 0 Å². The van der Waals surface area contributed by atoms with Crippen LogP contribution < -0.4 is 19.1 Å². The highest BCUT2D eigenvalue weighted by molar-refractivity contribution is 6.11. The van der Waals surface area contributed by atoms with Crippen LogP contribution in [0.5, 0.6) is 17.2 Å². The van der Waals surface area contributed by atoms with E-state index in [2.05, 4.69) is 0 Å². The molecular formula is C19H19NO6. The van der Waals surface area contributed by atoms with Crippen molar-refractivity contribution in [3.63, 3.8) is 0 Å². The van der Waals surface area contributed by atoms with Crippen LogP contribution in [0, 0.1) is 0 Å². The Hall–Kier alpha value is -3.22.